The van der Waals surface area contributed by atoms with Crippen LogP contribution >= 0.6 is 0 Å². The largest absolute Gasteiger partial charge is 0.493 e. The van der Waals surface area contributed by atoms with Crippen LogP contribution in [0.4, 0.5) is 20.2 Å². The summed E-state index contributed by atoms with van der Waals surface area (Å²) in [5, 5.41) is 5.36. The summed E-state index contributed by atoms with van der Waals surface area (Å²) in [5.74, 6) is -3.54. The molecule has 4 rings (SSSR count). The molecule has 12 heteroatoms. The van der Waals surface area contributed by atoms with E-state index >= 15 is 0 Å². The molecule has 2 N–H and O–H groups in total. The first-order valence-electron chi connectivity index (χ1n) is 13.7. The maximum atomic E-state index is 14.0. The van der Waals surface area contributed by atoms with Crippen molar-refractivity contribution in [2.45, 2.75) is 12.6 Å². The third-order valence-corrected chi connectivity index (χ3v) is 7.77. The maximum Gasteiger partial charge on any atom is 0.248 e. The van der Waals surface area contributed by atoms with Crippen molar-refractivity contribution in [3.05, 3.63) is 120 Å². The highest BCUT2D eigenvalue weighted by Gasteiger charge is 2.34. The Bertz CT molecular complexity index is 1650. The van der Waals surface area contributed by atoms with Crippen LogP contribution in [0, 0.1) is 11.6 Å². The van der Waals surface area contributed by atoms with Gasteiger partial charge in [0.25, 0.3) is 0 Å². The van der Waals surface area contributed by atoms with Gasteiger partial charge >= 0.3 is 0 Å². The first kappa shape index (κ1) is 32.8. The van der Waals surface area contributed by atoms with Gasteiger partial charge in [0.1, 0.15) is 29.2 Å². The second-order valence-corrected chi connectivity index (χ2v) is 11.2. The fourth-order valence-electron chi connectivity index (χ4n) is 4.50. The number of rotatable bonds is 13. The second kappa shape index (κ2) is 15.6. The highest BCUT2D eigenvalue weighted by Crippen LogP contribution is 2.34. The molecule has 3 amide bonds. The number of benzene rings is 4. The van der Waals surface area contributed by atoms with Crippen LogP contribution in [0.1, 0.15) is 17.2 Å². The van der Waals surface area contributed by atoms with Crippen LogP contribution in [0.2, 0.25) is 0 Å². The number of ether oxygens (including phenoxy) is 2. The number of hydrogen-bond donors (Lipinski definition) is 2. The fraction of sp³-hybridized carbons (Fsp3) is 0.182. The standard InChI is InChI=1S/C33H31F2N3O6S/c1-43-28-17-8-23(18-29(28)44-2)32(33(41)36-19-22-6-4-3-5-7-22)38(27-15-11-25(35)12-16-27)31(40)21-45(42)20-30(39)37-26-13-9-24(34)10-14-26/h3-18,32H,19-21H2,1-2H3,(H,36,41)(H,37,39). The lowest BCUT2D eigenvalue weighted by molar-refractivity contribution is -0.126. The molecule has 0 saturated heterocycles. The molecule has 234 valence electrons. The van der Waals surface area contributed by atoms with Crippen LogP contribution in [-0.4, -0.2) is 47.7 Å². The van der Waals surface area contributed by atoms with E-state index in [-0.39, 0.29) is 12.2 Å². The molecule has 0 aromatic heterocycles. The molecule has 0 heterocycles. The lowest BCUT2D eigenvalue weighted by atomic mass is 10.0. The molecule has 0 aliphatic heterocycles. The van der Waals surface area contributed by atoms with Gasteiger partial charge in [0.2, 0.25) is 17.7 Å². The summed E-state index contributed by atoms with van der Waals surface area (Å²) in [6.45, 7) is 0.143. The van der Waals surface area contributed by atoms with E-state index < -0.39 is 57.7 Å². The summed E-state index contributed by atoms with van der Waals surface area (Å²) in [6, 6.07) is 22.5. The molecular formula is C33H31F2N3O6S. The minimum atomic E-state index is -2.02. The molecule has 0 fully saturated rings. The molecule has 4 aromatic rings. The summed E-state index contributed by atoms with van der Waals surface area (Å²) in [4.78, 5) is 41.5. The molecule has 4 aromatic carbocycles. The Morgan fingerprint density at radius 3 is 2.04 bits per heavy atom. The summed E-state index contributed by atoms with van der Waals surface area (Å²) < 4.78 is 51.0. The Morgan fingerprint density at radius 1 is 0.800 bits per heavy atom. The number of nitrogens with one attached hydrogen (secondary N) is 2. The van der Waals surface area contributed by atoms with Gasteiger partial charge in [-0.3, -0.25) is 23.5 Å². The van der Waals surface area contributed by atoms with Gasteiger partial charge in [0.05, 0.1) is 14.2 Å². The number of methoxy groups -OCH3 is 2. The lowest BCUT2D eigenvalue weighted by Gasteiger charge is -2.32. The van der Waals surface area contributed by atoms with Gasteiger partial charge in [0.15, 0.2) is 11.5 Å². The predicted molar refractivity (Wildman–Crippen MR) is 167 cm³/mol. The second-order valence-electron chi connectivity index (χ2n) is 9.74. The summed E-state index contributed by atoms with van der Waals surface area (Å²) >= 11 is 0. The molecule has 0 radical (unpaired) electrons. The Hall–Kier alpha value is -5.10. The number of amides is 3. The number of hydrogen-bond acceptors (Lipinski definition) is 6. The van der Waals surface area contributed by atoms with E-state index in [1.165, 1.54) is 38.5 Å². The predicted octanol–water partition coefficient (Wildman–Crippen LogP) is 4.76. The topological polar surface area (TPSA) is 114 Å². The molecule has 2 atom stereocenters. The monoisotopic (exact) mass is 635 g/mol. The molecule has 2 unspecified atom stereocenters. The first-order valence-corrected chi connectivity index (χ1v) is 15.2. The zero-order valence-electron chi connectivity index (χ0n) is 24.5. The van der Waals surface area contributed by atoms with Gasteiger partial charge in [-0.25, -0.2) is 8.78 Å². The van der Waals surface area contributed by atoms with Crippen molar-refractivity contribution in [3.8, 4) is 11.5 Å². The van der Waals surface area contributed by atoms with Crippen molar-refractivity contribution in [1.29, 1.82) is 0 Å². The van der Waals surface area contributed by atoms with Crippen molar-refractivity contribution in [1.82, 2.24) is 5.32 Å². The Balaban J connectivity index is 1.66. The number of carbonyl (C=O) groups excluding carboxylic acids is 3. The van der Waals surface area contributed by atoms with Gasteiger partial charge < -0.3 is 20.1 Å². The van der Waals surface area contributed by atoms with Crippen LogP contribution in [-0.2, 0) is 31.7 Å². The fourth-order valence-corrected chi connectivity index (χ4v) is 5.38. The van der Waals surface area contributed by atoms with Gasteiger partial charge in [-0.2, -0.15) is 0 Å². The first-order chi connectivity index (χ1) is 21.7. The smallest absolute Gasteiger partial charge is 0.248 e. The SMILES string of the molecule is COc1ccc(C(C(=O)NCc2ccccc2)N(C(=O)CS(=O)CC(=O)Nc2ccc(F)cc2)c2ccc(F)cc2)cc1OC. The van der Waals surface area contributed by atoms with E-state index in [1.54, 1.807) is 18.2 Å². The van der Waals surface area contributed by atoms with Crippen molar-refractivity contribution in [2.24, 2.45) is 0 Å². The molecule has 0 spiro atoms. The number of nitrogens with zero attached hydrogens (tertiary/aromatic N) is 1. The van der Waals surface area contributed by atoms with Crippen LogP contribution in [0.15, 0.2) is 97.1 Å². The summed E-state index contributed by atoms with van der Waals surface area (Å²) in [7, 11) is 0.866. The molecule has 0 aliphatic carbocycles. The Labute approximate surface area is 261 Å². The summed E-state index contributed by atoms with van der Waals surface area (Å²) in [5.41, 5.74) is 1.59. The van der Waals surface area contributed by atoms with Crippen molar-refractivity contribution in [3.63, 3.8) is 0 Å². The van der Waals surface area contributed by atoms with Gasteiger partial charge in [-0.05, 0) is 71.8 Å². The minimum absolute atomic E-state index is 0.143. The molecule has 45 heavy (non-hydrogen) atoms. The van der Waals surface area contributed by atoms with Crippen molar-refractivity contribution < 1.29 is 36.8 Å². The van der Waals surface area contributed by atoms with E-state index in [9.17, 15) is 27.4 Å². The quantitative estimate of drug-likeness (QED) is 0.219. The average molecular weight is 636 g/mol. The average Bonchev–Trinajstić information content (AvgIpc) is 3.04. The van der Waals surface area contributed by atoms with E-state index in [4.69, 9.17) is 9.47 Å². The Kier molecular flexibility index (Phi) is 11.4. The van der Waals surface area contributed by atoms with Crippen LogP contribution < -0.4 is 25.0 Å². The highest BCUT2D eigenvalue weighted by molar-refractivity contribution is 7.86. The van der Waals surface area contributed by atoms with E-state index in [1.807, 2.05) is 30.3 Å². The molecule has 0 saturated carbocycles. The molecule has 0 bridgehead atoms. The normalized spacial score (nSPS) is 12.0. The molecule has 0 aliphatic rings. The Morgan fingerprint density at radius 2 is 1.42 bits per heavy atom. The van der Waals surface area contributed by atoms with E-state index in [0.717, 1.165) is 34.7 Å². The number of halogens is 2. The third-order valence-electron chi connectivity index (χ3n) is 6.62. The van der Waals surface area contributed by atoms with Gasteiger partial charge in [0, 0.05) is 28.7 Å². The van der Waals surface area contributed by atoms with Crippen molar-refractivity contribution >= 4 is 39.9 Å². The summed E-state index contributed by atoms with van der Waals surface area (Å²) in [6.07, 6.45) is 0. The number of carbonyl (C=O) groups is 3. The minimum Gasteiger partial charge on any atom is -0.493 e. The zero-order chi connectivity index (χ0) is 32.3. The number of anilines is 2. The third kappa shape index (κ3) is 8.96. The van der Waals surface area contributed by atoms with Crippen LogP contribution in [0.3, 0.4) is 0 Å². The van der Waals surface area contributed by atoms with Crippen molar-refractivity contribution in [2.75, 3.05) is 35.9 Å². The molecule has 9 nitrogen and oxygen atoms in total. The van der Waals surface area contributed by atoms with Crippen LogP contribution in [0.25, 0.3) is 0 Å². The zero-order valence-corrected chi connectivity index (χ0v) is 25.3. The maximum absolute atomic E-state index is 14.0. The van der Waals surface area contributed by atoms with Gasteiger partial charge in [-0.15, -0.1) is 0 Å². The van der Waals surface area contributed by atoms with E-state index in [2.05, 4.69) is 10.6 Å². The molecular weight excluding hydrogens is 604 g/mol. The van der Waals surface area contributed by atoms with E-state index in [0.29, 0.717) is 22.7 Å². The van der Waals surface area contributed by atoms with Gasteiger partial charge in [-0.1, -0.05) is 36.4 Å². The highest BCUT2D eigenvalue weighted by atomic mass is 32.2. The lowest BCUT2D eigenvalue weighted by Crippen LogP contribution is -2.45. The van der Waals surface area contributed by atoms with Crippen LogP contribution in [0.5, 0.6) is 11.5 Å².